The lowest BCUT2D eigenvalue weighted by atomic mass is 9.85. The highest BCUT2D eigenvalue weighted by Crippen LogP contribution is 2.24. The van der Waals surface area contributed by atoms with Crippen LogP contribution in [0.1, 0.15) is 50.8 Å². The van der Waals surface area contributed by atoms with Crippen LogP contribution in [0.15, 0.2) is 18.2 Å². The maximum Gasteiger partial charge on any atom is -0.0132 e. The van der Waals surface area contributed by atoms with Gasteiger partial charge < -0.3 is 0 Å². The average molecular weight is 190 g/mol. The Morgan fingerprint density at radius 1 is 1.07 bits per heavy atom. The number of hydrogen-bond donors (Lipinski definition) is 0. The molecule has 0 saturated heterocycles. The van der Waals surface area contributed by atoms with E-state index in [0.717, 1.165) is 0 Å². The van der Waals surface area contributed by atoms with Crippen LogP contribution in [-0.4, -0.2) is 0 Å². The molecular weight excluding hydrogens is 168 g/mol. The van der Waals surface area contributed by atoms with Crippen LogP contribution in [-0.2, 0) is 11.8 Å². The quantitative estimate of drug-likeness (QED) is 0.654. The standard InChI is InChI=1S/C14H22/c1-6-7-12-8-11(2)9-13(10-12)14(3,4)5/h8-10H,6-7H2,1-5H3. The molecule has 0 unspecified atom stereocenters. The van der Waals surface area contributed by atoms with Gasteiger partial charge >= 0.3 is 0 Å². The molecule has 0 aliphatic heterocycles. The molecule has 1 aromatic carbocycles. The third-order valence-corrected chi connectivity index (χ3v) is 2.54. The number of aryl methyl sites for hydroxylation is 2. The highest BCUT2D eigenvalue weighted by Gasteiger charge is 2.14. The van der Waals surface area contributed by atoms with E-state index in [1.165, 1.54) is 29.5 Å². The Morgan fingerprint density at radius 2 is 1.71 bits per heavy atom. The van der Waals surface area contributed by atoms with Crippen molar-refractivity contribution in [2.75, 3.05) is 0 Å². The molecule has 0 aliphatic carbocycles. The second-order valence-electron chi connectivity index (χ2n) is 5.21. The highest BCUT2D eigenvalue weighted by atomic mass is 14.2. The zero-order valence-corrected chi connectivity index (χ0v) is 10.1. The van der Waals surface area contributed by atoms with Crippen molar-refractivity contribution in [3.8, 4) is 0 Å². The fourth-order valence-corrected chi connectivity index (χ4v) is 1.73. The van der Waals surface area contributed by atoms with E-state index in [4.69, 9.17) is 0 Å². The van der Waals surface area contributed by atoms with Gasteiger partial charge in [0.05, 0.1) is 0 Å². The van der Waals surface area contributed by atoms with Crippen molar-refractivity contribution in [3.63, 3.8) is 0 Å². The molecule has 0 fully saturated rings. The van der Waals surface area contributed by atoms with E-state index in [1.807, 2.05) is 0 Å². The molecule has 14 heavy (non-hydrogen) atoms. The number of rotatable bonds is 2. The maximum absolute atomic E-state index is 2.36. The van der Waals surface area contributed by atoms with E-state index >= 15 is 0 Å². The monoisotopic (exact) mass is 190 g/mol. The molecule has 1 rings (SSSR count). The summed E-state index contributed by atoms with van der Waals surface area (Å²) in [5.74, 6) is 0. The van der Waals surface area contributed by atoms with Crippen molar-refractivity contribution >= 4 is 0 Å². The summed E-state index contributed by atoms with van der Waals surface area (Å²) in [5.41, 5.74) is 4.60. The van der Waals surface area contributed by atoms with Crippen molar-refractivity contribution in [3.05, 3.63) is 34.9 Å². The Balaban J connectivity index is 3.07. The van der Waals surface area contributed by atoms with Crippen molar-refractivity contribution in [2.24, 2.45) is 0 Å². The van der Waals surface area contributed by atoms with Gasteiger partial charge in [-0.25, -0.2) is 0 Å². The minimum Gasteiger partial charge on any atom is -0.0651 e. The Bertz CT molecular complexity index is 302. The van der Waals surface area contributed by atoms with Crippen LogP contribution < -0.4 is 0 Å². The molecule has 0 N–H and O–H groups in total. The van der Waals surface area contributed by atoms with Crippen LogP contribution in [0.25, 0.3) is 0 Å². The fourth-order valence-electron chi connectivity index (χ4n) is 1.73. The zero-order chi connectivity index (χ0) is 10.8. The Morgan fingerprint density at radius 3 is 2.21 bits per heavy atom. The highest BCUT2D eigenvalue weighted by molar-refractivity contribution is 5.33. The molecule has 1 aromatic rings. The minimum atomic E-state index is 0.272. The van der Waals surface area contributed by atoms with Crippen molar-refractivity contribution < 1.29 is 0 Å². The maximum atomic E-state index is 2.36. The van der Waals surface area contributed by atoms with Crippen LogP contribution in [0.3, 0.4) is 0 Å². The van der Waals surface area contributed by atoms with Gasteiger partial charge in [-0.15, -0.1) is 0 Å². The van der Waals surface area contributed by atoms with Gasteiger partial charge in [0.15, 0.2) is 0 Å². The third kappa shape index (κ3) is 2.87. The van der Waals surface area contributed by atoms with Crippen LogP contribution >= 0.6 is 0 Å². The van der Waals surface area contributed by atoms with Gasteiger partial charge in [-0.3, -0.25) is 0 Å². The summed E-state index contributed by atoms with van der Waals surface area (Å²) in [6, 6.07) is 6.97. The topological polar surface area (TPSA) is 0 Å². The smallest absolute Gasteiger partial charge is 0.0132 e. The van der Waals surface area contributed by atoms with Gasteiger partial charge in [0.1, 0.15) is 0 Å². The molecule has 0 aliphatic rings. The SMILES string of the molecule is CCCc1cc(C)cc(C(C)(C)C)c1. The Kier molecular flexibility index (Phi) is 3.36. The van der Waals surface area contributed by atoms with Crippen LogP contribution in [0.5, 0.6) is 0 Å². The van der Waals surface area contributed by atoms with Crippen molar-refractivity contribution in [1.82, 2.24) is 0 Å². The van der Waals surface area contributed by atoms with E-state index in [0.29, 0.717) is 0 Å². The summed E-state index contributed by atoms with van der Waals surface area (Å²) >= 11 is 0. The fraction of sp³-hybridized carbons (Fsp3) is 0.571. The predicted octanol–water partition coefficient (Wildman–Crippen LogP) is 4.25. The summed E-state index contributed by atoms with van der Waals surface area (Å²) < 4.78 is 0. The molecule has 0 heteroatoms. The van der Waals surface area contributed by atoms with Crippen LogP contribution in [0.2, 0.25) is 0 Å². The largest absolute Gasteiger partial charge is 0.0651 e. The van der Waals surface area contributed by atoms with Crippen LogP contribution in [0, 0.1) is 6.92 Å². The molecular formula is C14H22. The number of hydrogen-bond acceptors (Lipinski definition) is 0. The molecule has 0 spiro atoms. The van der Waals surface area contributed by atoms with E-state index in [1.54, 1.807) is 0 Å². The molecule has 0 radical (unpaired) electrons. The summed E-state index contributed by atoms with van der Waals surface area (Å²) in [4.78, 5) is 0. The average Bonchev–Trinajstić information content (AvgIpc) is 2.02. The number of benzene rings is 1. The van der Waals surface area contributed by atoms with Gasteiger partial charge in [-0.05, 0) is 29.9 Å². The molecule has 78 valence electrons. The molecule has 0 aromatic heterocycles. The van der Waals surface area contributed by atoms with Crippen molar-refractivity contribution in [1.29, 1.82) is 0 Å². The molecule has 0 saturated carbocycles. The second-order valence-corrected chi connectivity index (χ2v) is 5.21. The first-order valence-electron chi connectivity index (χ1n) is 5.54. The molecule has 0 amide bonds. The lowest BCUT2D eigenvalue weighted by Crippen LogP contribution is -2.11. The van der Waals surface area contributed by atoms with Gasteiger partial charge in [-0.2, -0.15) is 0 Å². The molecule has 0 nitrogen and oxygen atoms in total. The van der Waals surface area contributed by atoms with Gasteiger partial charge in [0, 0.05) is 0 Å². The first-order valence-corrected chi connectivity index (χ1v) is 5.54. The molecule has 0 bridgehead atoms. The Labute approximate surface area is 88.4 Å². The predicted molar refractivity (Wildman–Crippen MR) is 63.9 cm³/mol. The summed E-state index contributed by atoms with van der Waals surface area (Å²) in [7, 11) is 0. The lowest BCUT2D eigenvalue weighted by molar-refractivity contribution is 0.588. The Hall–Kier alpha value is -0.780. The van der Waals surface area contributed by atoms with Gasteiger partial charge in [-0.1, -0.05) is 57.9 Å². The molecule has 0 heterocycles. The van der Waals surface area contributed by atoms with Crippen LogP contribution in [0.4, 0.5) is 0 Å². The van der Waals surface area contributed by atoms with E-state index in [2.05, 4.69) is 52.8 Å². The van der Waals surface area contributed by atoms with Gasteiger partial charge in [0.2, 0.25) is 0 Å². The van der Waals surface area contributed by atoms with Gasteiger partial charge in [0.25, 0.3) is 0 Å². The van der Waals surface area contributed by atoms with E-state index in [-0.39, 0.29) is 5.41 Å². The minimum absolute atomic E-state index is 0.272. The summed E-state index contributed by atoms with van der Waals surface area (Å²) in [5, 5.41) is 0. The third-order valence-electron chi connectivity index (χ3n) is 2.54. The lowest BCUT2D eigenvalue weighted by Gasteiger charge is -2.20. The second kappa shape index (κ2) is 4.16. The normalized spacial score (nSPS) is 11.8. The van der Waals surface area contributed by atoms with E-state index in [9.17, 15) is 0 Å². The zero-order valence-electron chi connectivity index (χ0n) is 10.1. The molecule has 0 atom stereocenters. The first kappa shape index (κ1) is 11.3. The van der Waals surface area contributed by atoms with E-state index < -0.39 is 0 Å². The van der Waals surface area contributed by atoms with Crippen molar-refractivity contribution in [2.45, 2.75) is 52.9 Å². The summed E-state index contributed by atoms with van der Waals surface area (Å²) in [6.07, 6.45) is 2.43. The first-order chi connectivity index (χ1) is 6.43. The summed E-state index contributed by atoms with van der Waals surface area (Å²) in [6.45, 7) is 11.2.